The van der Waals surface area contributed by atoms with Gasteiger partial charge in [0.15, 0.2) is 5.78 Å². The summed E-state index contributed by atoms with van der Waals surface area (Å²) in [4.78, 5) is 24.6. The third kappa shape index (κ3) is 2.91. The molecule has 126 valence electrons. The van der Waals surface area contributed by atoms with Gasteiger partial charge in [-0.15, -0.1) is 0 Å². The first kappa shape index (κ1) is 16.5. The van der Waals surface area contributed by atoms with Crippen molar-refractivity contribution < 1.29 is 18.0 Å². The summed E-state index contributed by atoms with van der Waals surface area (Å²) in [6.07, 6.45) is 0. The summed E-state index contributed by atoms with van der Waals surface area (Å²) in [7, 11) is 0. The Hall–Kier alpha value is -3.35. The van der Waals surface area contributed by atoms with Crippen LogP contribution in [-0.2, 0) is 0 Å². The number of carbonyl (C=O) groups is 1. The lowest BCUT2D eigenvalue weighted by molar-refractivity contribution is 0.103. The Morgan fingerprint density at radius 3 is 2.08 bits per heavy atom. The molecule has 0 atom stereocenters. The maximum Gasteiger partial charge on any atom is 0.256 e. The molecule has 0 aliphatic rings. The maximum atomic E-state index is 14.0. The van der Waals surface area contributed by atoms with E-state index >= 15 is 0 Å². The van der Waals surface area contributed by atoms with Crippen molar-refractivity contribution in [2.45, 2.75) is 0 Å². The molecule has 2 aromatic carbocycles. The molecule has 25 heavy (non-hydrogen) atoms. The zero-order valence-corrected chi connectivity index (χ0v) is 12.7. The van der Waals surface area contributed by atoms with Crippen molar-refractivity contribution in [2.24, 2.45) is 0 Å². The highest BCUT2D eigenvalue weighted by Crippen LogP contribution is 2.22. The van der Waals surface area contributed by atoms with Crippen LogP contribution in [0.4, 0.5) is 19.0 Å². The molecule has 0 saturated heterocycles. The highest BCUT2D eigenvalue weighted by Gasteiger charge is 2.20. The maximum absolute atomic E-state index is 14.0. The fraction of sp³-hybridized carbons (Fsp3) is 0. The molecule has 0 aliphatic carbocycles. The van der Waals surface area contributed by atoms with E-state index in [2.05, 4.69) is 0 Å². The summed E-state index contributed by atoms with van der Waals surface area (Å²) in [6.45, 7) is 0. The summed E-state index contributed by atoms with van der Waals surface area (Å²) in [6, 6.07) is 9.91. The summed E-state index contributed by atoms with van der Waals surface area (Å²) >= 11 is 0. The molecule has 7 heteroatoms. The molecule has 3 aromatic rings. The fourth-order valence-electron chi connectivity index (χ4n) is 2.44. The largest absolute Gasteiger partial charge is 0.384 e. The average Bonchev–Trinajstić information content (AvgIpc) is 2.57. The van der Waals surface area contributed by atoms with Crippen molar-refractivity contribution >= 4 is 11.6 Å². The van der Waals surface area contributed by atoms with Gasteiger partial charge in [-0.2, -0.15) is 0 Å². The normalized spacial score (nSPS) is 10.7. The van der Waals surface area contributed by atoms with Gasteiger partial charge in [0.05, 0.1) is 5.56 Å². The SMILES string of the molecule is Nc1c(C(=O)c2ccc(F)cc2)ccc(=O)n1-c1c(F)cccc1F. The van der Waals surface area contributed by atoms with Gasteiger partial charge in [0, 0.05) is 11.6 Å². The molecule has 0 amide bonds. The number of para-hydroxylation sites is 1. The van der Waals surface area contributed by atoms with E-state index in [-0.39, 0.29) is 11.1 Å². The Bertz CT molecular complexity index is 1010. The van der Waals surface area contributed by atoms with E-state index in [4.69, 9.17) is 5.73 Å². The van der Waals surface area contributed by atoms with E-state index in [0.29, 0.717) is 4.57 Å². The number of ketones is 1. The van der Waals surface area contributed by atoms with Crippen molar-refractivity contribution in [3.8, 4) is 5.69 Å². The number of nitrogen functional groups attached to an aromatic ring is 1. The van der Waals surface area contributed by atoms with Crippen LogP contribution in [0.25, 0.3) is 5.69 Å². The minimum absolute atomic E-state index is 0.118. The number of anilines is 1. The molecule has 1 aromatic heterocycles. The topological polar surface area (TPSA) is 65.1 Å². The van der Waals surface area contributed by atoms with Crippen LogP contribution in [0.5, 0.6) is 0 Å². The first-order chi connectivity index (χ1) is 11.9. The van der Waals surface area contributed by atoms with E-state index < -0.39 is 40.3 Å². The summed E-state index contributed by atoms with van der Waals surface area (Å²) in [5.74, 6) is -3.54. The smallest absolute Gasteiger partial charge is 0.256 e. The zero-order chi connectivity index (χ0) is 18.1. The minimum Gasteiger partial charge on any atom is -0.384 e. The molecular weight excluding hydrogens is 333 g/mol. The molecule has 0 spiro atoms. The van der Waals surface area contributed by atoms with E-state index in [1.165, 1.54) is 18.2 Å². The first-order valence-electron chi connectivity index (χ1n) is 7.16. The van der Waals surface area contributed by atoms with Crippen molar-refractivity contribution in [1.82, 2.24) is 4.57 Å². The van der Waals surface area contributed by atoms with Crippen LogP contribution < -0.4 is 11.3 Å². The Morgan fingerprint density at radius 1 is 0.880 bits per heavy atom. The second-order valence-corrected chi connectivity index (χ2v) is 5.21. The minimum atomic E-state index is -1.000. The van der Waals surface area contributed by atoms with Gasteiger partial charge in [-0.05, 0) is 42.5 Å². The molecule has 1 heterocycles. The Kier molecular flexibility index (Phi) is 4.14. The van der Waals surface area contributed by atoms with Gasteiger partial charge in [0.1, 0.15) is 29.0 Å². The number of hydrogen-bond acceptors (Lipinski definition) is 3. The highest BCUT2D eigenvalue weighted by molar-refractivity contribution is 6.11. The van der Waals surface area contributed by atoms with Crippen molar-refractivity contribution in [3.63, 3.8) is 0 Å². The Labute approximate surface area is 139 Å². The molecule has 4 nitrogen and oxygen atoms in total. The van der Waals surface area contributed by atoms with Crippen molar-refractivity contribution in [2.75, 3.05) is 5.73 Å². The van der Waals surface area contributed by atoms with Gasteiger partial charge in [-0.1, -0.05) is 6.07 Å². The predicted molar refractivity (Wildman–Crippen MR) is 86.2 cm³/mol. The van der Waals surface area contributed by atoms with Crippen LogP contribution in [0.2, 0.25) is 0 Å². The van der Waals surface area contributed by atoms with Crippen LogP contribution >= 0.6 is 0 Å². The van der Waals surface area contributed by atoms with Gasteiger partial charge in [0.25, 0.3) is 5.56 Å². The number of carbonyl (C=O) groups excluding carboxylic acids is 1. The molecule has 0 unspecified atom stereocenters. The predicted octanol–water partition coefficient (Wildman–Crippen LogP) is 3.07. The summed E-state index contributed by atoms with van der Waals surface area (Å²) in [5, 5.41) is 0. The summed E-state index contributed by atoms with van der Waals surface area (Å²) in [5.41, 5.74) is 4.38. The quantitative estimate of drug-likeness (QED) is 0.743. The van der Waals surface area contributed by atoms with Crippen LogP contribution in [0, 0.1) is 17.5 Å². The molecule has 0 saturated carbocycles. The van der Waals surface area contributed by atoms with Gasteiger partial charge in [0.2, 0.25) is 0 Å². The second-order valence-electron chi connectivity index (χ2n) is 5.21. The van der Waals surface area contributed by atoms with E-state index in [1.807, 2.05) is 0 Å². The van der Waals surface area contributed by atoms with E-state index in [9.17, 15) is 22.8 Å². The van der Waals surface area contributed by atoms with E-state index in [0.717, 1.165) is 36.4 Å². The average molecular weight is 344 g/mol. The number of hydrogen-bond donors (Lipinski definition) is 1. The molecule has 0 radical (unpaired) electrons. The number of halogens is 3. The van der Waals surface area contributed by atoms with Crippen LogP contribution in [0.1, 0.15) is 15.9 Å². The molecule has 2 N–H and O–H groups in total. The molecular formula is C18H11F3N2O2. The van der Waals surface area contributed by atoms with Gasteiger partial charge in [-0.3, -0.25) is 14.2 Å². The standard InChI is InChI=1S/C18H11F3N2O2/c19-11-6-4-10(5-7-11)17(25)12-8-9-15(24)23(18(12)22)16-13(20)2-1-3-14(16)21/h1-9H,22H2. The second kappa shape index (κ2) is 6.27. The molecule has 3 rings (SSSR count). The van der Waals surface area contributed by atoms with Gasteiger partial charge in [-0.25, -0.2) is 13.2 Å². The third-order valence-electron chi connectivity index (χ3n) is 3.64. The van der Waals surface area contributed by atoms with Crippen LogP contribution in [0.15, 0.2) is 59.4 Å². The molecule has 0 fully saturated rings. The Morgan fingerprint density at radius 2 is 1.48 bits per heavy atom. The van der Waals surface area contributed by atoms with Gasteiger partial charge >= 0.3 is 0 Å². The number of benzene rings is 2. The molecule has 0 bridgehead atoms. The van der Waals surface area contributed by atoms with Gasteiger partial charge < -0.3 is 5.73 Å². The number of aromatic nitrogens is 1. The third-order valence-corrected chi connectivity index (χ3v) is 3.64. The Balaban J connectivity index is 2.21. The number of rotatable bonds is 3. The summed E-state index contributed by atoms with van der Waals surface area (Å²) < 4.78 is 41.6. The first-order valence-corrected chi connectivity index (χ1v) is 7.16. The highest BCUT2D eigenvalue weighted by atomic mass is 19.1. The molecule has 0 aliphatic heterocycles. The van der Waals surface area contributed by atoms with E-state index in [1.54, 1.807) is 0 Å². The number of nitrogens with two attached hydrogens (primary N) is 1. The van der Waals surface area contributed by atoms with Crippen molar-refractivity contribution in [1.29, 1.82) is 0 Å². The zero-order valence-electron chi connectivity index (χ0n) is 12.7. The van der Waals surface area contributed by atoms with Crippen LogP contribution in [0.3, 0.4) is 0 Å². The van der Waals surface area contributed by atoms with Crippen molar-refractivity contribution in [3.05, 3.63) is 93.5 Å². The lowest BCUT2D eigenvalue weighted by Crippen LogP contribution is -2.25. The lowest BCUT2D eigenvalue weighted by atomic mass is 10.0. The lowest BCUT2D eigenvalue weighted by Gasteiger charge is -2.14. The van der Waals surface area contributed by atoms with Crippen LogP contribution in [-0.4, -0.2) is 10.4 Å². The number of pyridine rings is 1. The fourth-order valence-corrected chi connectivity index (χ4v) is 2.44. The number of nitrogens with zero attached hydrogens (tertiary/aromatic N) is 1. The monoisotopic (exact) mass is 344 g/mol.